The molecule has 0 saturated carbocycles. The van der Waals surface area contributed by atoms with Gasteiger partial charge in [0.15, 0.2) is 5.16 Å². The second kappa shape index (κ2) is 10.4. The first-order valence-electron chi connectivity index (χ1n) is 10.3. The van der Waals surface area contributed by atoms with E-state index in [1.807, 2.05) is 21.6 Å². The van der Waals surface area contributed by atoms with Crippen molar-refractivity contribution in [3.63, 3.8) is 0 Å². The van der Waals surface area contributed by atoms with E-state index < -0.39 is 0 Å². The van der Waals surface area contributed by atoms with Crippen molar-refractivity contribution in [2.75, 3.05) is 30.7 Å². The van der Waals surface area contributed by atoms with Crippen LogP contribution in [0.5, 0.6) is 0 Å². The van der Waals surface area contributed by atoms with E-state index in [1.165, 1.54) is 22.9 Å². The lowest BCUT2D eigenvalue weighted by Gasteiger charge is -2.17. The summed E-state index contributed by atoms with van der Waals surface area (Å²) in [5, 5.41) is 8.07. The number of imidazole rings is 1. The van der Waals surface area contributed by atoms with Gasteiger partial charge in [-0.1, -0.05) is 37.7 Å². The molecule has 0 unspecified atom stereocenters. The number of amides is 1. The fourth-order valence-electron chi connectivity index (χ4n) is 3.22. The fourth-order valence-corrected chi connectivity index (χ4v) is 3.99. The number of nitrogens with one attached hydrogen (secondary N) is 1. The molecular formula is C22H30N6OS. The first-order valence-corrected chi connectivity index (χ1v) is 11.3. The molecular weight excluding hydrogens is 396 g/mol. The van der Waals surface area contributed by atoms with Gasteiger partial charge in [0.25, 0.3) is 0 Å². The zero-order chi connectivity index (χ0) is 21.5. The molecule has 0 radical (unpaired) electrons. The average molecular weight is 427 g/mol. The molecule has 2 heterocycles. The van der Waals surface area contributed by atoms with E-state index in [1.54, 1.807) is 12.4 Å². The topological polar surface area (TPSA) is 68.0 Å². The number of nitrogens with zero attached hydrogens (tertiary/aromatic N) is 5. The standard InChI is InChI=1S/C22H30N6OS/c1-5-26(6-2)11-12-27-15-19(14-24-27)25-21(29)16-30-22-23-9-10-28(22)20-13-17(3)7-8-18(20)4/h7-10,13-15H,5-6,11-12,16H2,1-4H3,(H,25,29). The van der Waals surface area contributed by atoms with E-state index in [0.29, 0.717) is 0 Å². The van der Waals surface area contributed by atoms with E-state index in [2.05, 4.69) is 66.2 Å². The Morgan fingerprint density at radius 1 is 1.23 bits per heavy atom. The van der Waals surface area contributed by atoms with Crippen LogP contribution in [0.4, 0.5) is 5.69 Å². The summed E-state index contributed by atoms with van der Waals surface area (Å²) >= 11 is 1.42. The van der Waals surface area contributed by atoms with Crippen molar-refractivity contribution in [3.05, 3.63) is 54.1 Å². The molecule has 0 atom stereocenters. The number of likely N-dealkylation sites (N-methyl/N-ethyl adjacent to an activating group) is 1. The number of rotatable bonds is 10. The van der Waals surface area contributed by atoms with Crippen molar-refractivity contribution in [1.82, 2.24) is 24.2 Å². The van der Waals surface area contributed by atoms with Gasteiger partial charge in [0, 0.05) is 25.1 Å². The third-order valence-electron chi connectivity index (χ3n) is 5.02. The summed E-state index contributed by atoms with van der Waals surface area (Å²) in [7, 11) is 0. The molecule has 30 heavy (non-hydrogen) atoms. The minimum atomic E-state index is -0.0705. The van der Waals surface area contributed by atoms with Crippen molar-refractivity contribution in [3.8, 4) is 5.69 Å². The first kappa shape index (κ1) is 22.1. The molecule has 0 aliphatic rings. The van der Waals surface area contributed by atoms with Gasteiger partial charge in [-0.25, -0.2) is 4.98 Å². The monoisotopic (exact) mass is 426 g/mol. The summed E-state index contributed by atoms with van der Waals surface area (Å²) in [5.41, 5.74) is 4.17. The Kier molecular flexibility index (Phi) is 7.70. The smallest absolute Gasteiger partial charge is 0.234 e. The van der Waals surface area contributed by atoms with Crippen molar-refractivity contribution in [1.29, 1.82) is 0 Å². The van der Waals surface area contributed by atoms with Crippen molar-refractivity contribution < 1.29 is 4.79 Å². The number of hydrogen-bond acceptors (Lipinski definition) is 5. The Morgan fingerprint density at radius 3 is 2.80 bits per heavy atom. The normalized spacial score (nSPS) is 11.2. The fraction of sp³-hybridized carbons (Fsp3) is 0.409. The van der Waals surface area contributed by atoms with Crippen LogP contribution in [-0.4, -0.2) is 55.5 Å². The summed E-state index contributed by atoms with van der Waals surface area (Å²) in [4.78, 5) is 19.2. The number of carbonyl (C=O) groups excluding carboxylic acids is 1. The largest absolute Gasteiger partial charge is 0.323 e. The Balaban J connectivity index is 1.55. The summed E-state index contributed by atoms with van der Waals surface area (Å²) in [6, 6.07) is 6.33. The molecule has 8 heteroatoms. The van der Waals surface area contributed by atoms with Crippen molar-refractivity contribution in [2.24, 2.45) is 0 Å². The lowest BCUT2D eigenvalue weighted by Crippen LogP contribution is -2.27. The van der Waals surface area contributed by atoms with E-state index >= 15 is 0 Å². The molecule has 160 valence electrons. The Morgan fingerprint density at radius 2 is 2.03 bits per heavy atom. The molecule has 1 aromatic carbocycles. The quantitative estimate of drug-likeness (QED) is 0.500. The van der Waals surface area contributed by atoms with E-state index in [-0.39, 0.29) is 11.7 Å². The number of hydrogen-bond donors (Lipinski definition) is 1. The highest BCUT2D eigenvalue weighted by atomic mass is 32.2. The minimum absolute atomic E-state index is 0.0705. The minimum Gasteiger partial charge on any atom is -0.323 e. The van der Waals surface area contributed by atoms with Gasteiger partial charge < -0.3 is 10.2 Å². The molecule has 0 bridgehead atoms. The van der Waals surface area contributed by atoms with E-state index in [0.717, 1.165) is 42.7 Å². The number of carbonyl (C=O) groups is 1. The van der Waals surface area contributed by atoms with Crippen LogP contribution in [0.15, 0.2) is 48.1 Å². The Bertz CT molecular complexity index is 976. The second-order valence-corrected chi connectivity index (χ2v) is 8.17. The predicted molar refractivity (Wildman–Crippen MR) is 122 cm³/mol. The van der Waals surface area contributed by atoms with Crippen LogP contribution in [0.3, 0.4) is 0 Å². The van der Waals surface area contributed by atoms with E-state index in [9.17, 15) is 4.79 Å². The third kappa shape index (κ3) is 5.73. The predicted octanol–water partition coefficient (Wildman–Crippen LogP) is 3.76. The molecule has 7 nitrogen and oxygen atoms in total. The maximum atomic E-state index is 12.4. The number of thioether (sulfide) groups is 1. The van der Waals surface area contributed by atoms with Crippen LogP contribution in [0.2, 0.25) is 0 Å². The number of aromatic nitrogens is 4. The van der Waals surface area contributed by atoms with Crippen molar-refractivity contribution >= 4 is 23.4 Å². The Labute approximate surface area is 182 Å². The first-order chi connectivity index (χ1) is 14.5. The van der Waals surface area contributed by atoms with Crippen molar-refractivity contribution in [2.45, 2.75) is 39.4 Å². The Hall–Kier alpha value is -2.58. The SMILES string of the molecule is CCN(CC)CCn1cc(NC(=O)CSc2nccn2-c2cc(C)ccc2C)cn1. The van der Waals surface area contributed by atoms with Gasteiger partial charge in [0.1, 0.15) is 0 Å². The highest BCUT2D eigenvalue weighted by Crippen LogP contribution is 2.23. The summed E-state index contributed by atoms with van der Waals surface area (Å²) in [5.74, 6) is 0.214. The van der Waals surface area contributed by atoms with E-state index in [4.69, 9.17) is 0 Å². The van der Waals surface area contributed by atoms with Gasteiger partial charge in [0.05, 0.1) is 29.9 Å². The highest BCUT2D eigenvalue weighted by Gasteiger charge is 2.12. The third-order valence-corrected chi connectivity index (χ3v) is 5.99. The zero-order valence-electron chi connectivity index (χ0n) is 18.1. The maximum Gasteiger partial charge on any atom is 0.234 e. The molecule has 0 aliphatic carbocycles. The van der Waals surface area contributed by atoms with Crippen LogP contribution in [-0.2, 0) is 11.3 Å². The van der Waals surface area contributed by atoms with Gasteiger partial charge >= 0.3 is 0 Å². The van der Waals surface area contributed by atoms with Crippen LogP contribution in [0, 0.1) is 13.8 Å². The summed E-state index contributed by atoms with van der Waals surface area (Å²) in [6.07, 6.45) is 7.27. The van der Waals surface area contributed by atoms with Crippen LogP contribution in [0.1, 0.15) is 25.0 Å². The zero-order valence-corrected chi connectivity index (χ0v) is 18.9. The number of aryl methyl sites for hydroxylation is 2. The molecule has 3 aromatic rings. The van der Waals surface area contributed by atoms with Gasteiger partial charge in [-0.15, -0.1) is 0 Å². The summed E-state index contributed by atoms with van der Waals surface area (Å²) < 4.78 is 3.90. The molecule has 1 amide bonds. The molecule has 1 N–H and O–H groups in total. The van der Waals surface area contributed by atoms with Crippen LogP contribution in [0.25, 0.3) is 5.69 Å². The molecule has 0 fully saturated rings. The average Bonchev–Trinajstić information content (AvgIpc) is 3.38. The highest BCUT2D eigenvalue weighted by molar-refractivity contribution is 7.99. The van der Waals surface area contributed by atoms with Crippen LogP contribution >= 0.6 is 11.8 Å². The lowest BCUT2D eigenvalue weighted by atomic mass is 10.1. The molecule has 2 aromatic heterocycles. The van der Waals surface area contributed by atoms with Gasteiger partial charge in [-0.3, -0.25) is 14.0 Å². The second-order valence-electron chi connectivity index (χ2n) is 7.23. The number of benzene rings is 1. The van der Waals surface area contributed by atoms with Crippen LogP contribution < -0.4 is 5.32 Å². The molecule has 3 rings (SSSR count). The molecule has 0 saturated heterocycles. The lowest BCUT2D eigenvalue weighted by molar-refractivity contribution is -0.113. The number of anilines is 1. The molecule has 0 aliphatic heterocycles. The maximum absolute atomic E-state index is 12.4. The molecule has 0 spiro atoms. The summed E-state index contributed by atoms with van der Waals surface area (Å²) in [6.45, 7) is 12.3. The van der Waals surface area contributed by atoms with Gasteiger partial charge in [-0.2, -0.15) is 5.10 Å². The van der Waals surface area contributed by atoms with Gasteiger partial charge in [-0.05, 0) is 44.1 Å². The van der Waals surface area contributed by atoms with Gasteiger partial charge in [0.2, 0.25) is 5.91 Å².